The van der Waals surface area contributed by atoms with Crippen molar-refractivity contribution in [2.24, 2.45) is 5.73 Å². The molecular formula is C14H12FN3O2S. The van der Waals surface area contributed by atoms with E-state index in [1.807, 2.05) is 0 Å². The van der Waals surface area contributed by atoms with Crippen molar-refractivity contribution in [2.75, 3.05) is 4.72 Å². The highest BCUT2D eigenvalue weighted by molar-refractivity contribution is 7.92. The van der Waals surface area contributed by atoms with Crippen LogP contribution in [0.1, 0.15) is 11.1 Å². The van der Waals surface area contributed by atoms with E-state index in [1.54, 1.807) is 30.3 Å². The first-order valence-electron chi connectivity index (χ1n) is 5.98. The Kier molecular flexibility index (Phi) is 4.21. The van der Waals surface area contributed by atoms with E-state index in [9.17, 15) is 12.8 Å². The molecule has 2 rings (SSSR count). The van der Waals surface area contributed by atoms with E-state index in [4.69, 9.17) is 11.0 Å². The summed E-state index contributed by atoms with van der Waals surface area (Å²) in [6.07, 6.45) is 0. The molecule has 2 aromatic rings. The monoisotopic (exact) mass is 305 g/mol. The maximum atomic E-state index is 13.2. The fraction of sp³-hybridized carbons (Fsp3) is 0.0714. The van der Waals surface area contributed by atoms with Crippen molar-refractivity contribution in [2.45, 2.75) is 11.4 Å². The molecule has 7 heteroatoms. The van der Waals surface area contributed by atoms with Gasteiger partial charge in [-0.15, -0.1) is 0 Å². The molecule has 21 heavy (non-hydrogen) atoms. The Morgan fingerprint density at radius 2 is 1.95 bits per heavy atom. The first-order chi connectivity index (χ1) is 9.97. The lowest BCUT2D eigenvalue weighted by molar-refractivity contribution is 0.599. The van der Waals surface area contributed by atoms with Gasteiger partial charge in [-0.25, -0.2) is 12.8 Å². The van der Waals surface area contributed by atoms with Crippen LogP contribution < -0.4 is 10.5 Å². The smallest absolute Gasteiger partial charge is 0.261 e. The quantitative estimate of drug-likeness (QED) is 0.902. The summed E-state index contributed by atoms with van der Waals surface area (Å²) in [6, 6.07) is 11.3. The van der Waals surface area contributed by atoms with Gasteiger partial charge in [-0.1, -0.05) is 18.2 Å². The van der Waals surface area contributed by atoms with Gasteiger partial charge >= 0.3 is 0 Å². The maximum absolute atomic E-state index is 13.2. The Labute approximate surface area is 121 Å². The summed E-state index contributed by atoms with van der Waals surface area (Å²) in [5, 5.41) is 8.76. The molecule has 0 spiro atoms. The van der Waals surface area contributed by atoms with E-state index in [0.29, 0.717) is 11.3 Å². The van der Waals surface area contributed by atoms with Gasteiger partial charge in [0.05, 0.1) is 16.1 Å². The number of hydrogen-bond donors (Lipinski definition) is 2. The second kappa shape index (κ2) is 5.91. The van der Waals surface area contributed by atoms with Crippen molar-refractivity contribution < 1.29 is 12.8 Å². The topological polar surface area (TPSA) is 96.0 Å². The molecule has 0 atom stereocenters. The Morgan fingerprint density at radius 3 is 2.62 bits per heavy atom. The Morgan fingerprint density at radius 1 is 1.24 bits per heavy atom. The summed E-state index contributed by atoms with van der Waals surface area (Å²) >= 11 is 0. The molecule has 0 heterocycles. The lowest BCUT2D eigenvalue weighted by Crippen LogP contribution is -2.15. The van der Waals surface area contributed by atoms with Gasteiger partial charge in [-0.05, 0) is 29.8 Å². The van der Waals surface area contributed by atoms with E-state index in [2.05, 4.69) is 4.72 Å². The molecule has 0 radical (unpaired) electrons. The van der Waals surface area contributed by atoms with Crippen LogP contribution in [0, 0.1) is 17.1 Å². The summed E-state index contributed by atoms with van der Waals surface area (Å²) in [7, 11) is -3.92. The summed E-state index contributed by atoms with van der Waals surface area (Å²) in [6.45, 7) is 0.172. The van der Waals surface area contributed by atoms with Crippen LogP contribution in [0.15, 0.2) is 47.4 Å². The standard InChI is InChI=1S/C14H12FN3O2S/c15-13-6-5-12(7-11(13)9-17)21(19,20)18-14-4-2-1-3-10(14)8-16/h1-7,18H,8,16H2. The molecule has 0 bridgehead atoms. The Hall–Kier alpha value is -2.43. The number of nitrogens with two attached hydrogens (primary N) is 1. The third-order valence-corrected chi connectivity index (χ3v) is 4.21. The van der Waals surface area contributed by atoms with Crippen LogP contribution in [0.5, 0.6) is 0 Å². The van der Waals surface area contributed by atoms with E-state index in [-0.39, 0.29) is 17.0 Å². The molecule has 5 nitrogen and oxygen atoms in total. The number of hydrogen-bond acceptors (Lipinski definition) is 4. The van der Waals surface area contributed by atoms with E-state index >= 15 is 0 Å². The van der Waals surface area contributed by atoms with Gasteiger partial charge in [0.1, 0.15) is 11.9 Å². The number of sulfonamides is 1. The number of rotatable bonds is 4. The lowest BCUT2D eigenvalue weighted by atomic mass is 10.2. The molecule has 0 aliphatic heterocycles. The normalized spacial score (nSPS) is 10.9. The molecule has 0 saturated heterocycles. The fourth-order valence-electron chi connectivity index (χ4n) is 1.76. The zero-order valence-corrected chi connectivity index (χ0v) is 11.7. The van der Waals surface area contributed by atoms with Crippen molar-refractivity contribution >= 4 is 15.7 Å². The largest absolute Gasteiger partial charge is 0.326 e. The summed E-state index contributed by atoms with van der Waals surface area (Å²) in [5.74, 6) is -0.765. The van der Waals surface area contributed by atoms with Crippen molar-refractivity contribution in [1.29, 1.82) is 5.26 Å². The number of nitrogens with one attached hydrogen (secondary N) is 1. The van der Waals surface area contributed by atoms with Gasteiger partial charge in [0, 0.05) is 6.54 Å². The SMILES string of the molecule is N#Cc1cc(S(=O)(=O)Nc2ccccc2CN)ccc1F. The number of benzene rings is 2. The average molecular weight is 305 g/mol. The van der Waals surface area contributed by atoms with Crippen LogP contribution in [-0.2, 0) is 16.6 Å². The van der Waals surface area contributed by atoms with Gasteiger partial charge in [0.15, 0.2) is 0 Å². The third kappa shape index (κ3) is 3.18. The molecule has 0 saturated carbocycles. The molecular weight excluding hydrogens is 293 g/mol. The van der Waals surface area contributed by atoms with Crippen LogP contribution in [-0.4, -0.2) is 8.42 Å². The van der Waals surface area contributed by atoms with Crippen LogP contribution in [0.3, 0.4) is 0 Å². The number of nitrogens with zero attached hydrogens (tertiary/aromatic N) is 1. The number of anilines is 1. The molecule has 2 aromatic carbocycles. The number of halogens is 1. The van der Waals surface area contributed by atoms with Crippen LogP contribution >= 0.6 is 0 Å². The second-order valence-corrected chi connectivity index (χ2v) is 5.90. The third-order valence-electron chi connectivity index (χ3n) is 2.85. The molecule has 108 valence electrons. The van der Waals surface area contributed by atoms with E-state index in [1.165, 1.54) is 0 Å². The zero-order chi connectivity index (χ0) is 15.5. The van der Waals surface area contributed by atoms with Crippen molar-refractivity contribution in [3.63, 3.8) is 0 Å². The number of para-hydroxylation sites is 1. The van der Waals surface area contributed by atoms with Gasteiger partial charge in [-0.2, -0.15) is 5.26 Å². The van der Waals surface area contributed by atoms with E-state index < -0.39 is 15.8 Å². The molecule has 0 aromatic heterocycles. The van der Waals surface area contributed by atoms with Crippen LogP contribution in [0.25, 0.3) is 0 Å². The molecule has 0 aliphatic rings. The Balaban J connectivity index is 2.41. The molecule has 0 unspecified atom stereocenters. The molecule has 0 amide bonds. The van der Waals surface area contributed by atoms with Gasteiger partial charge < -0.3 is 5.73 Å². The first kappa shape index (κ1) is 15.0. The summed E-state index contributed by atoms with van der Waals surface area (Å²) in [5.41, 5.74) is 6.20. The maximum Gasteiger partial charge on any atom is 0.261 e. The van der Waals surface area contributed by atoms with Crippen molar-refractivity contribution in [3.05, 3.63) is 59.4 Å². The van der Waals surface area contributed by atoms with Gasteiger partial charge in [-0.3, -0.25) is 4.72 Å². The average Bonchev–Trinajstić information content (AvgIpc) is 2.47. The predicted octanol–water partition coefficient (Wildman–Crippen LogP) is 1.96. The Bertz CT molecular complexity index is 813. The minimum absolute atomic E-state index is 0.172. The minimum Gasteiger partial charge on any atom is -0.326 e. The van der Waals surface area contributed by atoms with Gasteiger partial charge in [0.25, 0.3) is 10.0 Å². The molecule has 3 N–H and O–H groups in total. The van der Waals surface area contributed by atoms with Gasteiger partial charge in [0.2, 0.25) is 0 Å². The minimum atomic E-state index is -3.92. The summed E-state index contributed by atoms with van der Waals surface area (Å²) in [4.78, 5) is -0.188. The number of nitriles is 1. The van der Waals surface area contributed by atoms with Crippen molar-refractivity contribution in [1.82, 2.24) is 0 Å². The van der Waals surface area contributed by atoms with Crippen LogP contribution in [0.4, 0.5) is 10.1 Å². The van der Waals surface area contributed by atoms with Crippen LogP contribution in [0.2, 0.25) is 0 Å². The van der Waals surface area contributed by atoms with E-state index in [0.717, 1.165) is 18.2 Å². The highest BCUT2D eigenvalue weighted by Crippen LogP contribution is 2.21. The zero-order valence-electron chi connectivity index (χ0n) is 10.9. The predicted molar refractivity (Wildman–Crippen MR) is 76.3 cm³/mol. The van der Waals surface area contributed by atoms with Crippen molar-refractivity contribution in [3.8, 4) is 6.07 Å². The lowest BCUT2D eigenvalue weighted by Gasteiger charge is -2.11. The highest BCUT2D eigenvalue weighted by atomic mass is 32.2. The fourth-order valence-corrected chi connectivity index (χ4v) is 2.89. The highest BCUT2D eigenvalue weighted by Gasteiger charge is 2.17. The molecule has 0 fully saturated rings. The second-order valence-electron chi connectivity index (χ2n) is 4.22. The summed E-state index contributed by atoms with van der Waals surface area (Å²) < 4.78 is 40.2. The first-order valence-corrected chi connectivity index (χ1v) is 7.46. The molecule has 0 aliphatic carbocycles.